The van der Waals surface area contributed by atoms with Gasteiger partial charge in [-0.1, -0.05) is 35.9 Å². The van der Waals surface area contributed by atoms with Crippen LogP contribution in [-0.2, 0) is 0 Å². The molecule has 0 unspecified atom stereocenters. The number of rotatable bonds is 1. The Morgan fingerprint density at radius 1 is 0.536 bits per heavy atom. The summed E-state index contributed by atoms with van der Waals surface area (Å²) in [7, 11) is 0. The first-order valence-corrected chi connectivity index (χ1v) is 11.1. The van der Waals surface area contributed by atoms with Gasteiger partial charge in [0.2, 0.25) is 0 Å². The molecular formula is C26H18S2. The van der Waals surface area contributed by atoms with Gasteiger partial charge in [-0.25, -0.2) is 0 Å². The zero-order valence-corrected chi connectivity index (χ0v) is 17.4. The van der Waals surface area contributed by atoms with Gasteiger partial charge in [-0.3, -0.25) is 0 Å². The van der Waals surface area contributed by atoms with E-state index >= 15 is 0 Å². The second-order valence-corrected chi connectivity index (χ2v) is 9.99. The van der Waals surface area contributed by atoms with Crippen molar-refractivity contribution in [2.24, 2.45) is 0 Å². The minimum atomic E-state index is 1.31. The SMILES string of the molecule is Cc1ccc2cc3sc4cc5cc(-c6ccc(C)s6)ccc5cc4c3cc2c1. The third-order valence-corrected chi connectivity index (χ3v) is 7.73. The average Bonchev–Trinajstić information content (AvgIpc) is 3.27. The first-order chi connectivity index (χ1) is 13.6. The molecule has 6 rings (SSSR count). The van der Waals surface area contributed by atoms with E-state index in [-0.39, 0.29) is 0 Å². The van der Waals surface area contributed by atoms with Gasteiger partial charge in [-0.2, -0.15) is 0 Å². The quantitative estimate of drug-likeness (QED) is 0.261. The number of benzene rings is 4. The maximum absolute atomic E-state index is 2.37. The van der Waals surface area contributed by atoms with Crippen LogP contribution in [0.3, 0.4) is 0 Å². The molecule has 0 aliphatic carbocycles. The molecule has 0 fully saturated rings. The highest BCUT2D eigenvalue weighted by Gasteiger charge is 2.10. The molecule has 0 aliphatic rings. The van der Waals surface area contributed by atoms with Crippen LogP contribution < -0.4 is 0 Å². The predicted molar refractivity (Wildman–Crippen MR) is 127 cm³/mol. The van der Waals surface area contributed by atoms with E-state index in [9.17, 15) is 0 Å². The highest BCUT2D eigenvalue weighted by atomic mass is 32.1. The molecule has 6 aromatic rings. The van der Waals surface area contributed by atoms with E-state index in [1.807, 2.05) is 22.7 Å². The summed E-state index contributed by atoms with van der Waals surface area (Å²) < 4.78 is 2.74. The molecule has 28 heavy (non-hydrogen) atoms. The molecule has 0 bridgehead atoms. The molecule has 0 amide bonds. The number of hydrogen-bond donors (Lipinski definition) is 0. The van der Waals surface area contributed by atoms with Crippen molar-refractivity contribution in [2.45, 2.75) is 13.8 Å². The van der Waals surface area contributed by atoms with E-state index in [0.29, 0.717) is 0 Å². The van der Waals surface area contributed by atoms with E-state index in [1.54, 1.807) is 0 Å². The highest BCUT2D eigenvalue weighted by Crippen LogP contribution is 2.39. The molecule has 0 saturated heterocycles. The van der Waals surface area contributed by atoms with Gasteiger partial charge >= 0.3 is 0 Å². The van der Waals surface area contributed by atoms with E-state index in [4.69, 9.17) is 0 Å². The van der Waals surface area contributed by atoms with Gasteiger partial charge in [0.15, 0.2) is 0 Å². The predicted octanol–water partition coefficient (Wildman–Crippen LogP) is 8.71. The molecule has 0 atom stereocenters. The van der Waals surface area contributed by atoms with Crippen molar-refractivity contribution >= 4 is 64.4 Å². The summed E-state index contributed by atoms with van der Waals surface area (Å²) in [6, 6.07) is 27.5. The van der Waals surface area contributed by atoms with Crippen LogP contribution in [0.5, 0.6) is 0 Å². The van der Waals surface area contributed by atoms with Crippen molar-refractivity contribution in [3.63, 3.8) is 0 Å². The monoisotopic (exact) mass is 394 g/mol. The van der Waals surface area contributed by atoms with E-state index in [2.05, 4.69) is 86.6 Å². The topological polar surface area (TPSA) is 0 Å². The smallest absolute Gasteiger partial charge is 0.0361 e. The van der Waals surface area contributed by atoms with Crippen LogP contribution in [0.25, 0.3) is 52.2 Å². The van der Waals surface area contributed by atoms with Crippen molar-refractivity contribution in [1.29, 1.82) is 0 Å². The second-order valence-electron chi connectivity index (χ2n) is 7.62. The van der Waals surface area contributed by atoms with E-state index in [1.165, 1.54) is 62.6 Å². The normalized spacial score (nSPS) is 11.9. The van der Waals surface area contributed by atoms with Crippen LogP contribution in [-0.4, -0.2) is 0 Å². The van der Waals surface area contributed by atoms with Gasteiger partial charge < -0.3 is 0 Å². The Labute approximate surface area is 171 Å². The molecule has 4 aromatic carbocycles. The molecule has 2 heteroatoms. The summed E-state index contributed by atoms with van der Waals surface area (Å²) in [6.45, 7) is 4.33. The summed E-state index contributed by atoms with van der Waals surface area (Å²) in [5.41, 5.74) is 2.63. The van der Waals surface area contributed by atoms with Gasteiger partial charge in [0.05, 0.1) is 0 Å². The molecule has 0 spiro atoms. The lowest BCUT2D eigenvalue weighted by molar-refractivity contribution is 1.51. The first kappa shape index (κ1) is 16.3. The minimum Gasteiger partial charge on any atom is -0.141 e. The molecule has 2 aromatic heterocycles. The van der Waals surface area contributed by atoms with Crippen molar-refractivity contribution in [3.05, 3.63) is 83.2 Å². The number of hydrogen-bond acceptors (Lipinski definition) is 2. The van der Waals surface area contributed by atoms with Crippen LogP contribution in [0.4, 0.5) is 0 Å². The fourth-order valence-electron chi connectivity index (χ4n) is 4.12. The first-order valence-electron chi connectivity index (χ1n) is 9.51. The average molecular weight is 395 g/mol. The van der Waals surface area contributed by atoms with Crippen molar-refractivity contribution < 1.29 is 0 Å². The van der Waals surface area contributed by atoms with E-state index in [0.717, 1.165) is 0 Å². The lowest BCUT2D eigenvalue weighted by Gasteiger charge is -2.03. The molecule has 0 radical (unpaired) electrons. The molecule has 2 heterocycles. The van der Waals surface area contributed by atoms with Gasteiger partial charge in [0.1, 0.15) is 0 Å². The largest absolute Gasteiger partial charge is 0.141 e. The van der Waals surface area contributed by atoms with Crippen molar-refractivity contribution in [2.75, 3.05) is 0 Å². The van der Waals surface area contributed by atoms with E-state index < -0.39 is 0 Å². The maximum atomic E-state index is 2.37. The lowest BCUT2D eigenvalue weighted by Crippen LogP contribution is -1.77. The Morgan fingerprint density at radius 3 is 2.00 bits per heavy atom. The summed E-state index contributed by atoms with van der Waals surface area (Å²) in [5, 5.41) is 8.03. The van der Waals surface area contributed by atoms with Crippen molar-refractivity contribution in [3.8, 4) is 10.4 Å². The third kappa shape index (κ3) is 2.49. The van der Waals surface area contributed by atoms with Crippen LogP contribution in [0, 0.1) is 13.8 Å². The summed E-state index contributed by atoms with van der Waals surface area (Å²) in [5.74, 6) is 0. The second kappa shape index (κ2) is 5.91. The maximum Gasteiger partial charge on any atom is 0.0361 e. The van der Waals surface area contributed by atoms with Crippen LogP contribution in [0.1, 0.15) is 10.4 Å². The number of thiophene rings is 2. The van der Waals surface area contributed by atoms with Gasteiger partial charge in [0.25, 0.3) is 0 Å². The van der Waals surface area contributed by atoms with Gasteiger partial charge in [-0.15, -0.1) is 22.7 Å². The standard InChI is InChI=1S/C26H18S2/c1-15-3-5-18-13-25-23(12-20(18)9-15)22-11-17-6-7-19(24-8-4-16(2)27-24)10-21(17)14-26(22)28-25/h3-14H,1-2H3. The van der Waals surface area contributed by atoms with Crippen molar-refractivity contribution in [1.82, 2.24) is 0 Å². The van der Waals surface area contributed by atoms with Crippen LogP contribution in [0.2, 0.25) is 0 Å². The molecule has 134 valence electrons. The Hall–Kier alpha value is -2.68. The highest BCUT2D eigenvalue weighted by molar-refractivity contribution is 7.26. The molecule has 0 aliphatic heterocycles. The Morgan fingerprint density at radius 2 is 1.21 bits per heavy atom. The molecular weight excluding hydrogens is 376 g/mol. The fourth-order valence-corrected chi connectivity index (χ4v) is 6.15. The summed E-state index contributed by atoms with van der Waals surface area (Å²) in [4.78, 5) is 2.70. The summed E-state index contributed by atoms with van der Waals surface area (Å²) in [6.07, 6.45) is 0. The zero-order valence-electron chi connectivity index (χ0n) is 15.7. The lowest BCUT2D eigenvalue weighted by atomic mass is 10.0. The van der Waals surface area contributed by atoms with Gasteiger partial charge in [0, 0.05) is 29.9 Å². The Kier molecular flexibility index (Phi) is 3.44. The zero-order chi connectivity index (χ0) is 18.8. The molecule has 0 saturated carbocycles. The minimum absolute atomic E-state index is 1.31. The van der Waals surface area contributed by atoms with Crippen LogP contribution >= 0.6 is 22.7 Å². The fraction of sp³-hybridized carbons (Fsp3) is 0.0769. The number of aryl methyl sites for hydroxylation is 2. The van der Waals surface area contributed by atoms with Crippen LogP contribution in [0.15, 0.2) is 72.8 Å². The Bertz CT molecular complexity index is 1530. The number of fused-ring (bicyclic) bond motifs is 5. The summed E-state index contributed by atoms with van der Waals surface area (Å²) >= 11 is 3.77. The Balaban J connectivity index is 1.62. The molecule has 0 nitrogen and oxygen atoms in total. The molecule has 0 N–H and O–H groups in total. The van der Waals surface area contributed by atoms with Gasteiger partial charge in [-0.05, 0) is 83.4 Å². The third-order valence-electron chi connectivity index (χ3n) is 5.57.